The molecule has 1 unspecified atom stereocenters. The van der Waals surface area contributed by atoms with Crippen LogP contribution in [0.2, 0.25) is 0 Å². The van der Waals surface area contributed by atoms with Crippen LogP contribution in [-0.2, 0) is 12.0 Å². The maximum atomic E-state index is 13.1. The summed E-state index contributed by atoms with van der Waals surface area (Å²) in [6.07, 6.45) is 0.194. The molecule has 0 saturated heterocycles. The van der Waals surface area contributed by atoms with Crippen LogP contribution in [0.25, 0.3) is 0 Å². The molecule has 5 rings (SSSR count). The summed E-state index contributed by atoms with van der Waals surface area (Å²) in [6.45, 7) is 1.73. The lowest BCUT2D eigenvalue weighted by Crippen LogP contribution is -2.42. The number of hydrogen-bond donors (Lipinski definition) is 4. The Morgan fingerprint density at radius 2 is 1.89 bits per heavy atom. The maximum Gasteiger partial charge on any atom is 0.328 e. The number of amides is 1. The number of H-pyrrole nitrogens is 2. The molecule has 0 bridgehead atoms. The number of ether oxygens (including phenoxy) is 1. The van der Waals surface area contributed by atoms with Gasteiger partial charge in [-0.15, -0.1) is 0 Å². The zero-order chi connectivity index (χ0) is 24.6. The Balaban J connectivity index is 1.41. The molecule has 1 amide bonds. The quantitative estimate of drug-likeness (QED) is 0.311. The van der Waals surface area contributed by atoms with Crippen molar-refractivity contribution in [3.8, 4) is 11.6 Å². The van der Waals surface area contributed by atoms with Gasteiger partial charge in [0, 0.05) is 23.2 Å². The molecule has 9 nitrogen and oxygen atoms in total. The number of fused-ring (bicyclic) bond motifs is 2. The van der Waals surface area contributed by atoms with Gasteiger partial charge in [0.2, 0.25) is 5.88 Å². The van der Waals surface area contributed by atoms with Gasteiger partial charge >= 0.3 is 5.69 Å². The Kier molecular flexibility index (Phi) is 5.54. The molecule has 0 saturated carbocycles. The van der Waals surface area contributed by atoms with E-state index in [1.165, 1.54) is 0 Å². The van der Waals surface area contributed by atoms with Crippen LogP contribution in [0.15, 0.2) is 76.3 Å². The van der Waals surface area contributed by atoms with Crippen LogP contribution < -0.4 is 21.3 Å². The van der Waals surface area contributed by atoms with E-state index >= 15 is 0 Å². The smallest absolute Gasteiger partial charge is 0.328 e. The minimum Gasteiger partial charge on any atom is -0.440 e. The summed E-state index contributed by atoms with van der Waals surface area (Å²) in [6, 6.07) is 19.2. The number of carbonyl (C=O) groups is 1. The number of aromatic nitrogens is 3. The van der Waals surface area contributed by atoms with E-state index in [2.05, 4.69) is 20.3 Å². The Labute approximate surface area is 199 Å². The molecule has 0 fully saturated rings. The number of aryl methyl sites for hydroxylation is 1. The molecule has 4 N–H and O–H groups in total. The molecule has 35 heavy (non-hydrogen) atoms. The second kappa shape index (κ2) is 8.69. The Bertz CT molecular complexity index is 1540. The molecule has 3 heterocycles. The van der Waals surface area contributed by atoms with Crippen molar-refractivity contribution in [3.05, 3.63) is 121 Å². The summed E-state index contributed by atoms with van der Waals surface area (Å²) in [4.78, 5) is 45.9. The monoisotopic (exact) mass is 470 g/mol. The third-order valence-corrected chi connectivity index (χ3v) is 5.97. The number of aromatic amines is 2. The van der Waals surface area contributed by atoms with Gasteiger partial charge in [-0.05, 0) is 42.8 Å². The number of benzene rings is 2. The minimum atomic E-state index is -1.54. The fraction of sp³-hybridized carbons (Fsp3) is 0.154. The first-order valence-corrected chi connectivity index (χ1v) is 11.0. The third kappa shape index (κ3) is 4.24. The van der Waals surface area contributed by atoms with E-state index in [0.29, 0.717) is 28.1 Å². The summed E-state index contributed by atoms with van der Waals surface area (Å²) in [7, 11) is 0. The standard InChI is InChI=1S/C26H22N4O5/c1-15-6-5-9-21(28-15)26(34,18-7-3-2-4-8-18)14-27-22(31)16-10-11-20-17(12-16)13-19-23(32)29-25(33)30-24(19)35-20/h2-12,34H,13-14H2,1H3,(H,27,31)(H2,29,30,32,33). The highest BCUT2D eigenvalue weighted by Crippen LogP contribution is 2.33. The summed E-state index contributed by atoms with van der Waals surface area (Å²) in [5, 5.41) is 14.5. The van der Waals surface area contributed by atoms with E-state index < -0.39 is 22.8 Å². The van der Waals surface area contributed by atoms with Crippen molar-refractivity contribution in [2.45, 2.75) is 18.9 Å². The summed E-state index contributed by atoms with van der Waals surface area (Å²) in [5.74, 6) is 0.137. The van der Waals surface area contributed by atoms with Crippen molar-refractivity contribution < 1.29 is 14.6 Å². The molecule has 2 aromatic heterocycles. The molecule has 2 aromatic carbocycles. The first-order valence-electron chi connectivity index (χ1n) is 11.0. The molecular formula is C26H22N4O5. The van der Waals surface area contributed by atoms with Crippen LogP contribution in [0.3, 0.4) is 0 Å². The number of nitrogens with zero attached hydrogens (tertiary/aromatic N) is 1. The number of carbonyl (C=O) groups excluding carboxylic acids is 1. The zero-order valence-electron chi connectivity index (χ0n) is 18.8. The number of pyridine rings is 1. The minimum absolute atomic E-state index is 0.0991. The van der Waals surface area contributed by atoms with Gasteiger partial charge in [-0.1, -0.05) is 36.4 Å². The number of rotatable bonds is 5. The normalized spacial score (nSPS) is 13.7. The lowest BCUT2D eigenvalue weighted by atomic mass is 9.89. The average Bonchev–Trinajstić information content (AvgIpc) is 2.86. The van der Waals surface area contributed by atoms with Crippen molar-refractivity contribution >= 4 is 5.91 Å². The van der Waals surface area contributed by atoms with E-state index in [0.717, 1.165) is 5.69 Å². The molecule has 176 valence electrons. The second-order valence-corrected chi connectivity index (χ2v) is 8.39. The second-order valence-electron chi connectivity index (χ2n) is 8.39. The van der Waals surface area contributed by atoms with Gasteiger partial charge in [0.05, 0.1) is 17.8 Å². The highest BCUT2D eigenvalue weighted by Gasteiger charge is 2.34. The number of aliphatic hydroxyl groups is 1. The van der Waals surface area contributed by atoms with Gasteiger partial charge in [0.15, 0.2) is 0 Å². The van der Waals surface area contributed by atoms with Gasteiger partial charge in [-0.25, -0.2) is 4.79 Å². The Hall–Kier alpha value is -4.50. The SMILES string of the molecule is Cc1cccc(C(O)(CNC(=O)c2ccc3c(c2)Cc2c([nH]c(=O)[nH]c2=O)O3)c2ccccc2)n1. The van der Waals surface area contributed by atoms with E-state index in [1.54, 1.807) is 36.4 Å². The van der Waals surface area contributed by atoms with Crippen LogP contribution in [0.4, 0.5) is 0 Å². The summed E-state index contributed by atoms with van der Waals surface area (Å²) in [5.41, 5.74) is 0.275. The molecule has 0 aliphatic carbocycles. The zero-order valence-corrected chi connectivity index (χ0v) is 18.8. The first-order chi connectivity index (χ1) is 16.8. The fourth-order valence-corrected chi connectivity index (χ4v) is 4.14. The maximum absolute atomic E-state index is 13.1. The van der Waals surface area contributed by atoms with E-state index in [1.807, 2.05) is 37.3 Å². The predicted molar refractivity (Wildman–Crippen MR) is 128 cm³/mol. The van der Waals surface area contributed by atoms with Gasteiger partial charge in [0.1, 0.15) is 11.4 Å². The Morgan fingerprint density at radius 3 is 2.66 bits per heavy atom. The van der Waals surface area contributed by atoms with Crippen molar-refractivity contribution in [1.82, 2.24) is 20.3 Å². The predicted octanol–water partition coefficient (Wildman–Crippen LogP) is 2.13. The molecule has 9 heteroatoms. The fourth-order valence-electron chi connectivity index (χ4n) is 4.14. The van der Waals surface area contributed by atoms with Gasteiger partial charge in [-0.3, -0.25) is 24.5 Å². The number of nitrogens with one attached hydrogen (secondary N) is 3. The first kappa shape index (κ1) is 22.3. The van der Waals surface area contributed by atoms with Crippen molar-refractivity contribution in [2.24, 2.45) is 0 Å². The van der Waals surface area contributed by atoms with E-state index in [-0.39, 0.29) is 24.4 Å². The van der Waals surface area contributed by atoms with Crippen molar-refractivity contribution in [1.29, 1.82) is 0 Å². The molecule has 4 aromatic rings. The largest absolute Gasteiger partial charge is 0.440 e. The van der Waals surface area contributed by atoms with Crippen LogP contribution in [0.5, 0.6) is 11.6 Å². The van der Waals surface area contributed by atoms with E-state index in [9.17, 15) is 19.5 Å². The summed E-state index contributed by atoms with van der Waals surface area (Å²) < 4.78 is 5.66. The van der Waals surface area contributed by atoms with Crippen LogP contribution in [0, 0.1) is 6.92 Å². The number of hydrogen-bond acceptors (Lipinski definition) is 6. The lowest BCUT2D eigenvalue weighted by Gasteiger charge is -2.29. The third-order valence-electron chi connectivity index (χ3n) is 5.97. The molecule has 1 atom stereocenters. The van der Waals surface area contributed by atoms with Crippen molar-refractivity contribution in [2.75, 3.05) is 6.54 Å². The Morgan fingerprint density at radius 1 is 1.09 bits per heavy atom. The molecule has 1 aliphatic rings. The van der Waals surface area contributed by atoms with Crippen LogP contribution >= 0.6 is 0 Å². The van der Waals surface area contributed by atoms with Crippen LogP contribution in [-0.4, -0.2) is 32.5 Å². The molecule has 0 spiro atoms. The van der Waals surface area contributed by atoms with Gasteiger partial charge < -0.3 is 15.2 Å². The van der Waals surface area contributed by atoms with Gasteiger partial charge in [-0.2, -0.15) is 0 Å². The van der Waals surface area contributed by atoms with Crippen molar-refractivity contribution in [3.63, 3.8) is 0 Å². The highest BCUT2D eigenvalue weighted by molar-refractivity contribution is 5.94. The molecule has 1 aliphatic heterocycles. The topological polar surface area (TPSA) is 137 Å². The average molecular weight is 470 g/mol. The summed E-state index contributed by atoms with van der Waals surface area (Å²) >= 11 is 0. The van der Waals surface area contributed by atoms with E-state index in [4.69, 9.17) is 4.74 Å². The molecule has 0 radical (unpaired) electrons. The lowest BCUT2D eigenvalue weighted by molar-refractivity contribution is 0.0665. The van der Waals surface area contributed by atoms with Gasteiger partial charge in [0.25, 0.3) is 11.5 Å². The molecular weight excluding hydrogens is 448 g/mol. The van der Waals surface area contributed by atoms with Crippen LogP contribution in [0.1, 0.15) is 38.4 Å². The highest BCUT2D eigenvalue weighted by atomic mass is 16.5.